The van der Waals surface area contributed by atoms with Gasteiger partial charge in [-0.1, -0.05) is 6.07 Å². The third kappa shape index (κ3) is 3.43. The fourth-order valence-electron chi connectivity index (χ4n) is 0.990. The molecule has 0 aliphatic carbocycles. The van der Waals surface area contributed by atoms with Crippen LogP contribution in [0, 0.1) is 5.82 Å². The lowest BCUT2D eigenvalue weighted by molar-refractivity contribution is -0.158. The summed E-state index contributed by atoms with van der Waals surface area (Å²) in [6, 6.07) is 5.64. The van der Waals surface area contributed by atoms with E-state index >= 15 is 0 Å². The molecule has 0 saturated heterocycles. The van der Waals surface area contributed by atoms with Gasteiger partial charge in [0.2, 0.25) is 6.29 Å². The monoisotopic (exact) mass is 198 g/mol. The van der Waals surface area contributed by atoms with E-state index in [1.807, 2.05) is 0 Å². The number of hydrogen-bond acceptors (Lipinski definition) is 3. The maximum absolute atomic E-state index is 12.7. The van der Waals surface area contributed by atoms with Crippen LogP contribution in [0.5, 0.6) is 5.75 Å². The molecule has 0 N–H and O–H groups in total. The number of carbonyl (C=O) groups is 1. The van der Waals surface area contributed by atoms with Crippen LogP contribution in [0.1, 0.15) is 13.8 Å². The van der Waals surface area contributed by atoms with Crippen molar-refractivity contribution in [1.82, 2.24) is 0 Å². The Morgan fingerprint density at radius 1 is 1.50 bits per heavy atom. The molecule has 1 atom stereocenters. The second-order valence-corrected chi connectivity index (χ2v) is 2.75. The minimum Gasteiger partial charge on any atom is -0.455 e. The lowest BCUT2D eigenvalue weighted by atomic mass is 10.3. The van der Waals surface area contributed by atoms with Crippen molar-refractivity contribution in [2.75, 3.05) is 0 Å². The third-order valence-corrected chi connectivity index (χ3v) is 1.43. The Balaban J connectivity index is 2.55. The van der Waals surface area contributed by atoms with Crippen LogP contribution < -0.4 is 4.74 Å². The Kier molecular flexibility index (Phi) is 3.45. The molecule has 0 aliphatic rings. The molecule has 3 nitrogen and oxygen atoms in total. The second-order valence-electron chi connectivity index (χ2n) is 2.75. The zero-order valence-electron chi connectivity index (χ0n) is 7.99. The number of hydrogen-bond donors (Lipinski definition) is 0. The molecule has 1 aromatic carbocycles. The molecule has 0 bridgehead atoms. The number of halogens is 1. The van der Waals surface area contributed by atoms with Gasteiger partial charge in [-0.05, 0) is 12.1 Å². The topological polar surface area (TPSA) is 35.5 Å². The van der Waals surface area contributed by atoms with Crippen LogP contribution in [0.15, 0.2) is 24.3 Å². The molecule has 0 aromatic heterocycles. The molecule has 0 heterocycles. The van der Waals surface area contributed by atoms with Crippen LogP contribution in [-0.2, 0) is 9.53 Å². The van der Waals surface area contributed by atoms with Gasteiger partial charge < -0.3 is 9.47 Å². The highest BCUT2D eigenvalue weighted by molar-refractivity contribution is 5.66. The molecule has 76 valence electrons. The van der Waals surface area contributed by atoms with E-state index < -0.39 is 18.1 Å². The summed E-state index contributed by atoms with van der Waals surface area (Å²) in [6.07, 6.45) is -0.714. The van der Waals surface area contributed by atoms with E-state index in [0.717, 1.165) is 0 Å². The first-order chi connectivity index (χ1) is 6.58. The minimum atomic E-state index is -0.714. The molecule has 0 saturated carbocycles. The Morgan fingerprint density at radius 2 is 2.21 bits per heavy atom. The highest BCUT2D eigenvalue weighted by Crippen LogP contribution is 2.13. The summed E-state index contributed by atoms with van der Waals surface area (Å²) in [5, 5.41) is 0. The van der Waals surface area contributed by atoms with Gasteiger partial charge in [-0.3, -0.25) is 4.79 Å². The van der Waals surface area contributed by atoms with Crippen LogP contribution in [0.25, 0.3) is 0 Å². The van der Waals surface area contributed by atoms with Gasteiger partial charge >= 0.3 is 5.97 Å². The summed E-state index contributed by atoms with van der Waals surface area (Å²) < 4.78 is 22.5. The first kappa shape index (κ1) is 10.5. The SMILES string of the molecule is CC(=O)OC(C)Oc1cccc(F)c1. The van der Waals surface area contributed by atoms with Gasteiger partial charge in [0.1, 0.15) is 11.6 Å². The summed E-state index contributed by atoms with van der Waals surface area (Å²) >= 11 is 0. The Morgan fingerprint density at radius 3 is 2.79 bits per heavy atom. The minimum absolute atomic E-state index is 0.332. The van der Waals surface area contributed by atoms with Gasteiger partial charge in [0.15, 0.2) is 0 Å². The lowest BCUT2D eigenvalue weighted by Crippen LogP contribution is -2.18. The predicted octanol–water partition coefficient (Wildman–Crippen LogP) is 2.11. The van der Waals surface area contributed by atoms with Crippen molar-refractivity contribution in [3.05, 3.63) is 30.1 Å². The van der Waals surface area contributed by atoms with Gasteiger partial charge in [-0.15, -0.1) is 0 Å². The average Bonchev–Trinajstić information content (AvgIpc) is 2.01. The van der Waals surface area contributed by atoms with E-state index in [1.165, 1.54) is 25.1 Å². The molecule has 1 rings (SSSR count). The van der Waals surface area contributed by atoms with Crippen molar-refractivity contribution in [2.24, 2.45) is 0 Å². The molecule has 0 aliphatic heterocycles. The number of ether oxygens (including phenoxy) is 2. The van der Waals surface area contributed by atoms with E-state index in [0.29, 0.717) is 5.75 Å². The maximum atomic E-state index is 12.7. The van der Waals surface area contributed by atoms with Gasteiger partial charge in [0.05, 0.1) is 0 Å². The Bertz CT molecular complexity index is 325. The summed E-state index contributed by atoms with van der Waals surface area (Å²) in [5.74, 6) is -0.495. The van der Waals surface area contributed by atoms with Gasteiger partial charge in [-0.2, -0.15) is 0 Å². The predicted molar refractivity (Wildman–Crippen MR) is 48.3 cm³/mol. The normalized spacial score (nSPS) is 11.9. The van der Waals surface area contributed by atoms with E-state index in [4.69, 9.17) is 9.47 Å². The molecule has 4 heteroatoms. The summed E-state index contributed by atoms with van der Waals surface area (Å²) in [5.41, 5.74) is 0. The van der Waals surface area contributed by atoms with Crippen LogP contribution in [0.2, 0.25) is 0 Å². The van der Waals surface area contributed by atoms with Crippen molar-refractivity contribution in [3.8, 4) is 5.75 Å². The number of esters is 1. The highest BCUT2D eigenvalue weighted by atomic mass is 19.1. The largest absolute Gasteiger partial charge is 0.455 e. The van der Waals surface area contributed by atoms with E-state index in [-0.39, 0.29) is 0 Å². The van der Waals surface area contributed by atoms with Crippen LogP contribution >= 0.6 is 0 Å². The standard InChI is InChI=1S/C10H11FO3/c1-7(12)13-8(2)14-10-5-3-4-9(11)6-10/h3-6,8H,1-2H3. The molecule has 0 amide bonds. The van der Waals surface area contributed by atoms with Gasteiger partial charge in [0, 0.05) is 19.9 Å². The quantitative estimate of drug-likeness (QED) is 0.551. The van der Waals surface area contributed by atoms with Crippen LogP contribution in [0.4, 0.5) is 4.39 Å². The van der Waals surface area contributed by atoms with Gasteiger partial charge in [-0.25, -0.2) is 4.39 Å². The first-order valence-electron chi connectivity index (χ1n) is 4.17. The Labute approximate surface area is 81.4 Å². The molecular weight excluding hydrogens is 187 g/mol. The Hall–Kier alpha value is -1.58. The van der Waals surface area contributed by atoms with E-state index in [1.54, 1.807) is 13.0 Å². The second kappa shape index (κ2) is 4.60. The summed E-state index contributed by atoms with van der Waals surface area (Å²) in [4.78, 5) is 10.5. The van der Waals surface area contributed by atoms with Crippen molar-refractivity contribution in [3.63, 3.8) is 0 Å². The van der Waals surface area contributed by atoms with Crippen LogP contribution in [0.3, 0.4) is 0 Å². The number of rotatable bonds is 3. The fourth-order valence-corrected chi connectivity index (χ4v) is 0.990. The smallest absolute Gasteiger partial charge is 0.305 e. The average molecular weight is 198 g/mol. The summed E-state index contributed by atoms with van der Waals surface area (Å²) in [7, 11) is 0. The molecular formula is C10H11FO3. The van der Waals surface area contributed by atoms with E-state index in [9.17, 15) is 9.18 Å². The van der Waals surface area contributed by atoms with Crippen molar-refractivity contribution in [1.29, 1.82) is 0 Å². The van der Waals surface area contributed by atoms with Crippen molar-refractivity contribution < 1.29 is 18.7 Å². The zero-order chi connectivity index (χ0) is 10.6. The molecule has 14 heavy (non-hydrogen) atoms. The highest BCUT2D eigenvalue weighted by Gasteiger charge is 2.06. The molecule has 1 unspecified atom stereocenters. The number of carbonyl (C=O) groups excluding carboxylic acids is 1. The van der Waals surface area contributed by atoms with Gasteiger partial charge in [0.25, 0.3) is 0 Å². The maximum Gasteiger partial charge on any atom is 0.305 e. The zero-order valence-corrected chi connectivity index (χ0v) is 7.99. The van der Waals surface area contributed by atoms with E-state index in [2.05, 4.69) is 0 Å². The molecule has 0 spiro atoms. The van der Waals surface area contributed by atoms with Crippen molar-refractivity contribution >= 4 is 5.97 Å². The molecule has 1 aromatic rings. The first-order valence-corrected chi connectivity index (χ1v) is 4.17. The number of benzene rings is 1. The third-order valence-electron chi connectivity index (χ3n) is 1.43. The fraction of sp³-hybridized carbons (Fsp3) is 0.300. The molecule has 0 fully saturated rings. The summed E-state index contributed by atoms with van der Waals surface area (Å²) in [6.45, 7) is 2.84. The lowest BCUT2D eigenvalue weighted by Gasteiger charge is -2.13. The van der Waals surface area contributed by atoms with Crippen LogP contribution in [-0.4, -0.2) is 12.3 Å². The van der Waals surface area contributed by atoms with Crippen molar-refractivity contribution in [2.45, 2.75) is 20.1 Å². The molecule has 0 radical (unpaired) electrons.